The molecule has 0 unspecified atom stereocenters. The van der Waals surface area contributed by atoms with E-state index < -0.39 is 0 Å². The molecule has 10 rings (SSSR count). The first kappa shape index (κ1) is 39.9. The summed E-state index contributed by atoms with van der Waals surface area (Å²) in [7, 11) is 0. The Kier molecular flexibility index (Phi) is 10.9. The lowest BCUT2D eigenvalue weighted by atomic mass is 9.91. The summed E-state index contributed by atoms with van der Waals surface area (Å²) in [4.78, 5) is 0. The number of nitrogens with zero attached hydrogens (tertiary/aromatic N) is 1. The molecule has 1 heterocycles. The Morgan fingerprint density at radius 3 is 0.810 bits per heavy atom. The lowest BCUT2D eigenvalue weighted by molar-refractivity contribution is 1.14. The monoisotopic (exact) mass is 811 g/mol. The Morgan fingerprint density at radius 1 is 0.254 bits per heavy atom. The Hall–Kier alpha value is -7.22. The van der Waals surface area contributed by atoms with E-state index in [9.17, 15) is 0 Å². The van der Waals surface area contributed by atoms with Crippen LogP contribution < -0.4 is 0 Å². The first-order chi connectivity index (χ1) is 31.0. The van der Waals surface area contributed by atoms with Crippen LogP contribution in [-0.2, 0) is 25.7 Å². The van der Waals surface area contributed by atoms with Crippen LogP contribution in [0.5, 0.6) is 0 Å². The molecule has 10 aromatic rings. The third-order valence-corrected chi connectivity index (χ3v) is 13.1. The van der Waals surface area contributed by atoms with Gasteiger partial charge in [0, 0.05) is 16.5 Å². The van der Waals surface area contributed by atoms with Crippen molar-refractivity contribution < 1.29 is 0 Å². The molecule has 0 aliphatic heterocycles. The van der Waals surface area contributed by atoms with E-state index in [1.54, 1.807) is 0 Å². The molecule has 0 atom stereocenters. The van der Waals surface area contributed by atoms with Crippen LogP contribution in [-0.4, -0.2) is 4.57 Å². The predicted octanol–water partition coefficient (Wildman–Crippen LogP) is 17.0. The summed E-state index contributed by atoms with van der Waals surface area (Å²) in [6.07, 6.45) is 4.11. The van der Waals surface area contributed by atoms with E-state index in [-0.39, 0.29) is 0 Å². The maximum Gasteiger partial charge on any atom is 0.0541 e. The molecule has 0 fully saturated rings. The minimum absolute atomic E-state index is 1.03. The highest BCUT2D eigenvalue weighted by atomic mass is 15.0. The van der Waals surface area contributed by atoms with Gasteiger partial charge in [-0.2, -0.15) is 0 Å². The Morgan fingerprint density at radius 2 is 0.524 bits per heavy atom. The lowest BCUT2D eigenvalue weighted by Crippen LogP contribution is -1.93. The van der Waals surface area contributed by atoms with Gasteiger partial charge in [-0.3, -0.25) is 0 Å². The fraction of sp³-hybridized carbons (Fsp3) is 0.129. The van der Waals surface area contributed by atoms with E-state index in [4.69, 9.17) is 0 Å². The number of benzene rings is 9. The molecule has 0 saturated carbocycles. The highest BCUT2D eigenvalue weighted by Gasteiger charge is 2.17. The molecule has 0 aliphatic rings. The van der Waals surface area contributed by atoms with Crippen LogP contribution in [0.2, 0.25) is 0 Å². The molecule has 1 nitrogen and oxygen atoms in total. The van der Waals surface area contributed by atoms with Crippen LogP contribution in [0.1, 0.15) is 49.9 Å². The van der Waals surface area contributed by atoms with Gasteiger partial charge in [0.1, 0.15) is 0 Å². The Bertz CT molecular complexity index is 2870. The second-order valence-corrected chi connectivity index (χ2v) is 16.9. The summed E-state index contributed by atoms with van der Waals surface area (Å²) in [5.41, 5.74) is 23.6. The molecule has 0 saturated heterocycles. The van der Waals surface area contributed by atoms with E-state index in [0.29, 0.717) is 0 Å². The van der Waals surface area contributed by atoms with Crippen molar-refractivity contribution in [3.8, 4) is 72.4 Å². The van der Waals surface area contributed by atoms with Crippen molar-refractivity contribution in [3.63, 3.8) is 0 Å². The maximum atomic E-state index is 2.43. The van der Waals surface area contributed by atoms with E-state index in [2.05, 4.69) is 232 Å². The first-order valence-electron chi connectivity index (χ1n) is 22.8. The van der Waals surface area contributed by atoms with Gasteiger partial charge in [0.15, 0.2) is 0 Å². The molecule has 0 N–H and O–H groups in total. The van der Waals surface area contributed by atoms with Crippen LogP contribution >= 0.6 is 0 Å². The molecule has 1 aromatic heterocycles. The molecule has 0 spiro atoms. The zero-order chi connectivity index (χ0) is 42.9. The quantitative estimate of drug-likeness (QED) is 0.123. The summed E-state index contributed by atoms with van der Waals surface area (Å²) >= 11 is 0. The number of para-hydroxylation sites is 1. The maximum absolute atomic E-state index is 2.43. The molecule has 1 heteroatoms. The molecule has 0 radical (unpaired) electrons. The minimum atomic E-state index is 1.03. The number of fused-ring (bicyclic) bond motifs is 3. The van der Waals surface area contributed by atoms with Gasteiger partial charge in [-0.1, -0.05) is 155 Å². The van der Waals surface area contributed by atoms with E-state index in [1.807, 2.05) is 0 Å². The summed E-state index contributed by atoms with van der Waals surface area (Å²) in [6.45, 7) is 8.87. The third kappa shape index (κ3) is 7.92. The number of rotatable bonds is 11. The molecule has 306 valence electrons. The zero-order valence-electron chi connectivity index (χ0n) is 36.8. The predicted molar refractivity (Wildman–Crippen MR) is 271 cm³/mol. The molecule has 0 aliphatic carbocycles. The molecular weight excluding hydrogens is 759 g/mol. The zero-order valence-corrected chi connectivity index (χ0v) is 36.8. The lowest BCUT2D eigenvalue weighted by Gasteiger charge is -2.13. The largest absolute Gasteiger partial charge is 0.309 e. The first-order valence-corrected chi connectivity index (χ1v) is 22.8. The number of aryl methyl sites for hydroxylation is 4. The van der Waals surface area contributed by atoms with Crippen LogP contribution in [0.4, 0.5) is 0 Å². The van der Waals surface area contributed by atoms with Crippen molar-refractivity contribution in [1.82, 2.24) is 4.57 Å². The van der Waals surface area contributed by atoms with Crippen molar-refractivity contribution in [2.45, 2.75) is 53.4 Å². The van der Waals surface area contributed by atoms with Crippen LogP contribution in [0.25, 0.3) is 94.3 Å². The van der Waals surface area contributed by atoms with Crippen molar-refractivity contribution >= 4 is 21.8 Å². The average molecular weight is 812 g/mol. The van der Waals surface area contributed by atoms with Crippen LogP contribution in [0.15, 0.2) is 200 Å². The van der Waals surface area contributed by atoms with Crippen molar-refractivity contribution in [2.75, 3.05) is 0 Å². The smallest absolute Gasteiger partial charge is 0.0541 e. The molecule has 9 aromatic carbocycles. The van der Waals surface area contributed by atoms with Gasteiger partial charge < -0.3 is 4.57 Å². The van der Waals surface area contributed by atoms with Gasteiger partial charge in [-0.05, 0) is 187 Å². The molecule has 0 bridgehead atoms. The summed E-state index contributed by atoms with van der Waals surface area (Å²) in [5.74, 6) is 0. The normalized spacial score (nSPS) is 11.4. The molecule has 0 amide bonds. The van der Waals surface area contributed by atoms with Gasteiger partial charge in [0.05, 0.1) is 11.0 Å². The Labute approximate surface area is 373 Å². The molecular formula is C62H53N. The second kappa shape index (κ2) is 17.3. The number of aromatic nitrogens is 1. The SMILES string of the molecule is CCc1ccc(-c2cc(-c3ccc(CC)cc3)cc(-c3ccc4c(c3)c3cc(-c5cc(-c6ccc(CC)cc6)cc(-c6ccc(CC)cc6)c5)ccc3n4-c3ccccc3)c2)cc1. The van der Waals surface area contributed by atoms with E-state index >= 15 is 0 Å². The number of hydrogen-bond acceptors (Lipinski definition) is 0. The van der Waals surface area contributed by atoms with Crippen LogP contribution in [0, 0.1) is 0 Å². The van der Waals surface area contributed by atoms with Gasteiger partial charge in [-0.15, -0.1) is 0 Å². The fourth-order valence-corrected chi connectivity index (χ4v) is 9.22. The third-order valence-electron chi connectivity index (χ3n) is 13.1. The highest BCUT2D eigenvalue weighted by molar-refractivity contribution is 6.12. The highest BCUT2D eigenvalue weighted by Crippen LogP contribution is 2.41. The average Bonchev–Trinajstić information content (AvgIpc) is 3.69. The van der Waals surface area contributed by atoms with Gasteiger partial charge in [0.2, 0.25) is 0 Å². The van der Waals surface area contributed by atoms with Crippen molar-refractivity contribution in [1.29, 1.82) is 0 Å². The fourth-order valence-electron chi connectivity index (χ4n) is 9.22. The summed E-state index contributed by atoms with van der Waals surface area (Å²) in [5, 5.41) is 2.47. The van der Waals surface area contributed by atoms with Gasteiger partial charge >= 0.3 is 0 Å². The van der Waals surface area contributed by atoms with E-state index in [1.165, 1.54) is 111 Å². The summed E-state index contributed by atoms with van der Waals surface area (Å²) < 4.78 is 2.43. The van der Waals surface area contributed by atoms with Gasteiger partial charge in [0.25, 0.3) is 0 Å². The van der Waals surface area contributed by atoms with Crippen molar-refractivity contribution in [3.05, 3.63) is 222 Å². The number of hydrogen-bond donors (Lipinski definition) is 0. The molecule has 63 heavy (non-hydrogen) atoms. The van der Waals surface area contributed by atoms with E-state index in [0.717, 1.165) is 31.4 Å². The summed E-state index contributed by atoms with van der Waals surface area (Å²) in [6, 6.07) is 75.5. The van der Waals surface area contributed by atoms with Crippen LogP contribution in [0.3, 0.4) is 0 Å². The topological polar surface area (TPSA) is 4.93 Å². The minimum Gasteiger partial charge on any atom is -0.309 e. The van der Waals surface area contributed by atoms with Crippen molar-refractivity contribution in [2.24, 2.45) is 0 Å². The Balaban J connectivity index is 1.17. The second-order valence-electron chi connectivity index (χ2n) is 16.9. The van der Waals surface area contributed by atoms with Gasteiger partial charge in [-0.25, -0.2) is 0 Å². The standard InChI is InChI=1S/C62H53N/c1-5-42-14-22-46(23-15-42)52-34-53(47-24-16-43(6-2)17-25-47)37-56(36-52)50-30-32-61-59(40-50)60-41-51(31-33-62(60)63(61)58-12-10-9-11-13-58)57-38-54(48-26-18-44(7-3)19-27-48)35-55(39-57)49-28-20-45(8-4)21-29-49/h9-41H,5-8H2,1-4H3.